The number of allylic oxidation sites excluding steroid dienone is 1. The first-order valence-corrected chi connectivity index (χ1v) is 6.22. The Morgan fingerprint density at radius 1 is 1.00 bits per heavy atom. The molecule has 98 valence electrons. The fraction of sp³-hybridized carbons (Fsp3) is 0.692. The van der Waals surface area contributed by atoms with E-state index >= 15 is 0 Å². The molecule has 0 unspecified atom stereocenters. The first-order valence-electron chi connectivity index (χ1n) is 6.22. The van der Waals surface area contributed by atoms with Crippen molar-refractivity contribution < 1.29 is 19.8 Å². The van der Waals surface area contributed by atoms with Crippen LogP contribution in [0.15, 0.2) is 11.6 Å². The monoisotopic (exact) mass is 242 g/mol. The summed E-state index contributed by atoms with van der Waals surface area (Å²) in [5, 5.41) is 17.4. The molecule has 0 heterocycles. The van der Waals surface area contributed by atoms with Crippen molar-refractivity contribution in [1.29, 1.82) is 0 Å². The maximum absolute atomic E-state index is 10.9. The van der Waals surface area contributed by atoms with E-state index in [0.717, 1.165) is 32.1 Å². The van der Waals surface area contributed by atoms with E-state index in [2.05, 4.69) is 0 Å². The molecule has 0 aromatic rings. The lowest BCUT2D eigenvalue weighted by Crippen LogP contribution is -2.01. The van der Waals surface area contributed by atoms with E-state index in [9.17, 15) is 9.59 Å². The quantitative estimate of drug-likeness (QED) is 0.455. The molecule has 0 bridgehead atoms. The number of hydrogen-bond donors (Lipinski definition) is 2. The van der Waals surface area contributed by atoms with Crippen LogP contribution in [0.4, 0.5) is 0 Å². The van der Waals surface area contributed by atoms with Crippen LogP contribution in [-0.4, -0.2) is 22.2 Å². The van der Waals surface area contributed by atoms with Gasteiger partial charge >= 0.3 is 11.9 Å². The predicted octanol–water partition coefficient (Wildman–Crippen LogP) is 3.22. The van der Waals surface area contributed by atoms with Crippen molar-refractivity contribution in [3.63, 3.8) is 0 Å². The standard InChI is InChI=1S/C13H22O4/c1-2-3-8-11(13(16)17)9-6-4-5-7-10-12(14)15/h8H,2-7,9-10H2,1H3,(H,14,15)(H,16,17). The van der Waals surface area contributed by atoms with Crippen molar-refractivity contribution in [2.24, 2.45) is 0 Å². The fourth-order valence-electron chi connectivity index (χ4n) is 1.56. The molecule has 0 saturated heterocycles. The number of rotatable bonds is 10. The zero-order valence-electron chi connectivity index (χ0n) is 10.4. The summed E-state index contributed by atoms with van der Waals surface area (Å²) in [6, 6.07) is 0. The molecule has 0 saturated carbocycles. The smallest absolute Gasteiger partial charge is 0.331 e. The van der Waals surface area contributed by atoms with Crippen molar-refractivity contribution >= 4 is 11.9 Å². The summed E-state index contributed by atoms with van der Waals surface area (Å²) in [5.74, 6) is -1.59. The molecule has 17 heavy (non-hydrogen) atoms. The van der Waals surface area contributed by atoms with Gasteiger partial charge in [0.05, 0.1) is 0 Å². The average molecular weight is 242 g/mol. The van der Waals surface area contributed by atoms with Crippen molar-refractivity contribution in [2.75, 3.05) is 0 Å². The van der Waals surface area contributed by atoms with Gasteiger partial charge < -0.3 is 10.2 Å². The number of hydrogen-bond acceptors (Lipinski definition) is 2. The zero-order chi connectivity index (χ0) is 13.1. The lowest BCUT2D eigenvalue weighted by molar-refractivity contribution is -0.137. The van der Waals surface area contributed by atoms with Crippen LogP contribution in [0.2, 0.25) is 0 Å². The summed E-state index contributed by atoms with van der Waals surface area (Å²) in [6.07, 6.45) is 7.59. The maximum Gasteiger partial charge on any atom is 0.331 e. The van der Waals surface area contributed by atoms with Gasteiger partial charge in [-0.05, 0) is 25.7 Å². The van der Waals surface area contributed by atoms with Gasteiger partial charge in [-0.25, -0.2) is 4.79 Å². The minimum absolute atomic E-state index is 0.206. The molecule has 0 rings (SSSR count). The molecule has 0 amide bonds. The molecule has 0 atom stereocenters. The zero-order valence-corrected chi connectivity index (χ0v) is 10.4. The fourth-order valence-corrected chi connectivity index (χ4v) is 1.56. The van der Waals surface area contributed by atoms with Gasteiger partial charge in [0, 0.05) is 12.0 Å². The number of carboxylic acid groups (broad SMARTS) is 2. The third kappa shape index (κ3) is 9.60. The van der Waals surface area contributed by atoms with Crippen LogP contribution >= 0.6 is 0 Å². The van der Waals surface area contributed by atoms with Crippen molar-refractivity contribution in [1.82, 2.24) is 0 Å². The Kier molecular flexibility index (Phi) is 9.11. The van der Waals surface area contributed by atoms with E-state index in [1.54, 1.807) is 6.08 Å². The molecule has 0 radical (unpaired) electrons. The van der Waals surface area contributed by atoms with Crippen LogP contribution in [0, 0.1) is 0 Å². The second-order valence-corrected chi connectivity index (χ2v) is 4.13. The van der Waals surface area contributed by atoms with Gasteiger partial charge in [0.25, 0.3) is 0 Å². The third-order valence-corrected chi connectivity index (χ3v) is 2.54. The number of carbonyl (C=O) groups is 2. The van der Waals surface area contributed by atoms with Gasteiger partial charge in [0.2, 0.25) is 0 Å². The first kappa shape index (κ1) is 15.7. The summed E-state index contributed by atoms with van der Waals surface area (Å²) in [6.45, 7) is 2.02. The summed E-state index contributed by atoms with van der Waals surface area (Å²) < 4.78 is 0. The molecular weight excluding hydrogens is 220 g/mol. The molecule has 0 spiro atoms. The number of aliphatic carboxylic acids is 2. The molecule has 0 aromatic heterocycles. The van der Waals surface area contributed by atoms with Gasteiger partial charge in [-0.2, -0.15) is 0 Å². The summed E-state index contributed by atoms with van der Waals surface area (Å²) in [4.78, 5) is 21.1. The molecule has 2 N–H and O–H groups in total. The van der Waals surface area contributed by atoms with E-state index < -0.39 is 11.9 Å². The summed E-state index contributed by atoms with van der Waals surface area (Å²) in [5.41, 5.74) is 0.491. The number of unbranched alkanes of at least 4 members (excludes halogenated alkanes) is 4. The molecule has 4 nitrogen and oxygen atoms in total. The van der Waals surface area contributed by atoms with E-state index in [1.807, 2.05) is 6.92 Å². The minimum Gasteiger partial charge on any atom is -0.481 e. The van der Waals surface area contributed by atoms with Gasteiger partial charge in [-0.15, -0.1) is 0 Å². The van der Waals surface area contributed by atoms with Gasteiger partial charge in [-0.3, -0.25) is 4.79 Å². The lowest BCUT2D eigenvalue weighted by Gasteiger charge is -2.02. The lowest BCUT2D eigenvalue weighted by atomic mass is 10.0. The van der Waals surface area contributed by atoms with E-state index in [1.165, 1.54) is 0 Å². The number of carboxylic acids is 2. The Morgan fingerprint density at radius 2 is 1.59 bits per heavy atom. The van der Waals surface area contributed by atoms with Crippen LogP contribution in [0.25, 0.3) is 0 Å². The van der Waals surface area contributed by atoms with Crippen LogP contribution in [0.1, 0.15) is 58.3 Å². The van der Waals surface area contributed by atoms with Crippen molar-refractivity contribution in [2.45, 2.75) is 58.3 Å². The van der Waals surface area contributed by atoms with Crippen LogP contribution in [-0.2, 0) is 9.59 Å². The Morgan fingerprint density at radius 3 is 2.06 bits per heavy atom. The molecule has 0 fully saturated rings. The van der Waals surface area contributed by atoms with Gasteiger partial charge in [-0.1, -0.05) is 32.3 Å². The largest absolute Gasteiger partial charge is 0.481 e. The Balaban J connectivity index is 3.69. The van der Waals surface area contributed by atoms with Gasteiger partial charge in [0.15, 0.2) is 0 Å². The highest BCUT2D eigenvalue weighted by Crippen LogP contribution is 2.12. The molecular formula is C13H22O4. The van der Waals surface area contributed by atoms with E-state index in [4.69, 9.17) is 10.2 Å². The SMILES string of the molecule is CCCC=C(CCCCCCC(=O)O)C(=O)O. The predicted molar refractivity (Wildman–Crippen MR) is 66.0 cm³/mol. The van der Waals surface area contributed by atoms with Gasteiger partial charge in [0.1, 0.15) is 0 Å². The molecule has 0 aliphatic rings. The highest BCUT2D eigenvalue weighted by Gasteiger charge is 2.06. The average Bonchev–Trinajstić information content (AvgIpc) is 2.26. The van der Waals surface area contributed by atoms with Crippen LogP contribution < -0.4 is 0 Å². The van der Waals surface area contributed by atoms with Crippen molar-refractivity contribution in [3.05, 3.63) is 11.6 Å². The molecule has 0 aliphatic heterocycles. The highest BCUT2D eigenvalue weighted by atomic mass is 16.4. The first-order chi connectivity index (χ1) is 8.07. The normalized spacial score (nSPS) is 11.5. The second-order valence-electron chi connectivity index (χ2n) is 4.13. The summed E-state index contributed by atoms with van der Waals surface area (Å²) >= 11 is 0. The van der Waals surface area contributed by atoms with E-state index in [0.29, 0.717) is 18.4 Å². The molecule has 0 aromatic carbocycles. The molecule has 4 heteroatoms. The summed E-state index contributed by atoms with van der Waals surface area (Å²) in [7, 11) is 0. The second kappa shape index (κ2) is 9.87. The van der Waals surface area contributed by atoms with E-state index in [-0.39, 0.29) is 6.42 Å². The maximum atomic E-state index is 10.9. The Bertz CT molecular complexity index is 269. The highest BCUT2D eigenvalue weighted by molar-refractivity contribution is 5.86. The minimum atomic E-state index is -0.830. The third-order valence-electron chi connectivity index (χ3n) is 2.54. The van der Waals surface area contributed by atoms with Crippen molar-refractivity contribution in [3.8, 4) is 0 Å². The molecule has 0 aliphatic carbocycles. The Hall–Kier alpha value is -1.32. The topological polar surface area (TPSA) is 74.6 Å². The van der Waals surface area contributed by atoms with Crippen LogP contribution in [0.3, 0.4) is 0 Å². The Labute approximate surface area is 102 Å². The van der Waals surface area contributed by atoms with Crippen LogP contribution in [0.5, 0.6) is 0 Å².